The first-order valence-corrected chi connectivity index (χ1v) is 8.72. The molecule has 0 saturated carbocycles. The van der Waals surface area contributed by atoms with Crippen molar-refractivity contribution >= 4 is 16.5 Å². The van der Waals surface area contributed by atoms with Crippen molar-refractivity contribution < 1.29 is 0 Å². The lowest BCUT2D eigenvalue weighted by Crippen LogP contribution is -2.38. The standard InChI is InChI=1S/C15H26N4S/c1-12(16)14-10-17-15(20-14)19-8-4-13(5-9-19)11-18-6-2-3-7-18/h10,12-13H,2-9,11,16H2,1H3. The maximum atomic E-state index is 5.92. The summed E-state index contributed by atoms with van der Waals surface area (Å²) in [6.07, 6.45) is 7.37. The van der Waals surface area contributed by atoms with Crippen molar-refractivity contribution in [1.82, 2.24) is 9.88 Å². The maximum Gasteiger partial charge on any atom is 0.185 e. The van der Waals surface area contributed by atoms with Gasteiger partial charge in [0.15, 0.2) is 5.13 Å². The Bertz CT molecular complexity index is 417. The molecule has 3 rings (SSSR count). The minimum atomic E-state index is 0.106. The van der Waals surface area contributed by atoms with Gasteiger partial charge in [0.05, 0.1) is 0 Å². The highest BCUT2D eigenvalue weighted by Crippen LogP contribution is 2.30. The van der Waals surface area contributed by atoms with Gasteiger partial charge < -0.3 is 15.5 Å². The summed E-state index contributed by atoms with van der Waals surface area (Å²) in [6.45, 7) is 8.31. The molecule has 20 heavy (non-hydrogen) atoms. The molecule has 2 fully saturated rings. The van der Waals surface area contributed by atoms with Gasteiger partial charge in [-0.25, -0.2) is 4.98 Å². The Balaban J connectivity index is 1.49. The molecule has 4 nitrogen and oxygen atoms in total. The van der Waals surface area contributed by atoms with E-state index >= 15 is 0 Å². The highest BCUT2D eigenvalue weighted by atomic mass is 32.1. The molecule has 2 aliphatic rings. The zero-order chi connectivity index (χ0) is 13.9. The van der Waals surface area contributed by atoms with Crippen molar-refractivity contribution in [2.75, 3.05) is 37.6 Å². The minimum Gasteiger partial charge on any atom is -0.348 e. The topological polar surface area (TPSA) is 45.4 Å². The van der Waals surface area contributed by atoms with Gasteiger partial charge in [-0.15, -0.1) is 11.3 Å². The van der Waals surface area contributed by atoms with Crippen molar-refractivity contribution in [1.29, 1.82) is 0 Å². The smallest absolute Gasteiger partial charge is 0.185 e. The molecule has 1 atom stereocenters. The number of rotatable bonds is 4. The van der Waals surface area contributed by atoms with Gasteiger partial charge in [-0.05, 0) is 51.6 Å². The molecule has 0 radical (unpaired) electrons. The third-order valence-electron chi connectivity index (χ3n) is 4.56. The van der Waals surface area contributed by atoms with Crippen molar-refractivity contribution in [3.8, 4) is 0 Å². The number of hydrogen-bond acceptors (Lipinski definition) is 5. The van der Waals surface area contributed by atoms with Gasteiger partial charge in [-0.1, -0.05) is 0 Å². The van der Waals surface area contributed by atoms with Crippen LogP contribution in [0.15, 0.2) is 6.20 Å². The predicted octanol–water partition coefficient (Wildman–Crippen LogP) is 2.48. The van der Waals surface area contributed by atoms with Crippen molar-refractivity contribution in [3.05, 3.63) is 11.1 Å². The fourth-order valence-electron chi connectivity index (χ4n) is 3.27. The van der Waals surface area contributed by atoms with Crippen LogP contribution in [0.1, 0.15) is 43.5 Å². The van der Waals surface area contributed by atoms with Gasteiger partial charge in [-0.2, -0.15) is 0 Å². The van der Waals surface area contributed by atoms with E-state index in [1.807, 2.05) is 13.1 Å². The van der Waals surface area contributed by atoms with E-state index in [0.29, 0.717) is 0 Å². The summed E-state index contributed by atoms with van der Waals surface area (Å²) >= 11 is 1.76. The number of anilines is 1. The minimum absolute atomic E-state index is 0.106. The summed E-state index contributed by atoms with van der Waals surface area (Å²) in [5.74, 6) is 0.886. The van der Waals surface area contributed by atoms with Gasteiger partial charge in [0.25, 0.3) is 0 Å². The molecule has 2 saturated heterocycles. The molecule has 1 unspecified atom stereocenters. The Morgan fingerprint density at radius 1 is 1.30 bits per heavy atom. The summed E-state index contributed by atoms with van der Waals surface area (Å²) in [7, 11) is 0. The van der Waals surface area contributed by atoms with Crippen LogP contribution in [-0.4, -0.2) is 42.6 Å². The molecule has 1 aromatic heterocycles. The summed E-state index contributed by atoms with van der Waals surface area (Å²) in [5.41, 5.74) is 5.92. The van der Waals surface area contributed by atoms with Crippen molar-refractivity contribution in [3.63, 3.8) is 0 Å². The summed E-state index contributed by atoms with van der Waals surface area (Å²) in [6, 6.07) is 0.106. The second-order valence-electron chi connectivity index (χ2n) is 6.27. The van der Waals surface area contributed by atoms with Crippen LogP contribution < -0.4 is 10.6 Å². The van der Waals surface area contributed by atoms with Crippen molar-refractivity contribution in [2.45, 2.75) is 38.6 Å². The SMILES string of the molecule is CC(N)c1cnc(N2CCC(CN3CCCC3)CC2)s1. The van der Waals surface area contributed by atoms with Gasteiger partial charge in [0, 0.05) is 36.8 Å². The highest BCUT2D eigenvalue weighted by Gasteiger charge is 2.24. The van der Waals surface area contributed by atoms with Crippen LogP contribution >= 0.6 is 11.3 Å². The number of likely N-dealkylation sites (tertiary alicyclic amines) is 1. The molecule has 112 valence electrons. The first kappa shape index (κ1) is 14.3. The van der Waals surface area contributed by atoms with Crippen LogP contribution in [0.5, 0.6) is 0 Å². The first-order chi connectivity index (χ1) is 9.72. The molecule has 0 bridgehead atoms. The van der Waals surface area contributed by atoms with E-state index in [9.17, 15) is 0 Å². The Morgan fingerprint density at radius 3 is 2.60 bits per heavy atom. The largest absolute Gasteiger partial charge is 0.348 e. The Hall–Kier alpha value is -0.650. The van der Waals surface area contributed by atoms with Crippen LogP contribution in [0, 0.1) is 5.92 Å². The van der Waals surface area contributed by atoms with Gasteiger partial charge in [-0.3, -0.25) is 0 Å². The normalized spacial score (nSPS) is 23.4. The van der Waals surface area contributed by atoms with Crippen LogP contribution in [0.25, 0.3) is 0 Å². The summed E-state index contributed by atoms with van der Waals surface area (Å²) in [5, 5.41) is 1.16. The van der Waals surface area contributed by atoms with E-state index in [1.165, 1.54) is 50.2 Å². The third kappa shape index (κ3) is 3.32. The first-order valence-electron chi connectivity index (χ1n) is 7.91. The molecular formula is C15H26N4S. The fourth-order valence-corrected chi connectivity index (χ4v) is 4.19. The van der Waals surface area contributed by atoms with Gasteiger partial charge in [0.2, 0.25) is 0 Å². The Labute approximate surface area is 126 Å². The van der Waals surface area contributed by atoms with E-state index in [4.69, 9.17) is 5.73 Å². The van der Waals surface area contributed by atoms with Crippen LogP contribution in [0.3, 0.4) is 0 Å². The zero-order valence-electron chi connectivity index (χ0n) is 12.4. The Morgan fingerprint density at radius 2 is 2.00 bits per heavy atom. The van der Waals surface area contributed by atoms with E-state index in [0.717, 1.165) is 24.1 Å². The molecule has 2 N–H and O–H groups in total. The number of piperidine rings is 1. The van der Waals surface area contributed by atoms with Crippen LogP contribution in [0.4, 0.5) is 5.13 Å². The fraction of sp³-hybridized carbons (Fsp3) is 0.800. The molecule has 1 aromatic rings. The van der Waals surface area contributed by atoms with E-state index in [2.05, 4.69) is 14.8 Å². The lowest BCUT2D eigenvalue weighted by molar-refractivity contribution is 0.249. The molecular weight excluding hydrogens is 268 g/mol. The lowest BCUT2D eigenvalue weighted by atomic mass is 9.96. The summed E-state index contributed by atoms with van der Waals surface area (Å²) in [4.78, 5) is 10.8. The van der Waals surface area contributed by atoms with E-state index < -0.39 is 0 Å². The average Bonchev–Trinajstić information content (AvgIpc) is 3.10. The zero-order valence-corrected chi connectivity index (χ0v) is 13.2. The van der Waals surface area contributed by atoms with Crippen LogP contribution in [-0.2, 0) is 0 Å². The maximum absolute atomic E-state index is 5.92. The number of nitrogens with zero attached hydrogens (tertiary/aromatic N) is 3. The monoisotopic (exact) mass is 294 g/mol. The number of nitrogens with two attached hydrogens (primary N) is 1. The molecule has 0 aliphatic carbocycles. The number of thiazole rings is 1. The molecule has 2 aliphatic heterocycles. The molecule has 0 spiro atoms. The molecule has 5 heteroatoms. The predicted molar refractivity (Wildman–Crippen MR) is 85.3 cm³/mol. The van der Waals surface area contributed by atoms with E-state index in [-0.39, 0.29) is 6.04 Å². The molecule has 3 heterocycles. The van der Waals surface area contributed by atoms with Gasteiger partial charge >= 0.3 is 0 Å². The number of hydrogen-bond donors (Lipinski definition) is 1. The second-order valence-corrected chi connectivity index (χ2v) is 7.31. The summed E-state index contributed by atoms with van der Waals surface area (Å²) < 4.78 is 0. The molecule has 0 aromatic carbocycles. The van der Waals surface area contributed by atoms with Crippen molar-refractivity contribution in [2.24, 2.45) is 11.7 Å². The second kappa shape index (κ2) is 6.41. The van der Waals surface area contributed by atoms with E-state index in [1.54, 1.807) is 11.3 Å². The molecule has 0 amide bonds. The van der Waals surface area contributed by atoms with Gasteiger partial charge in [0.1, 0.15) is 0 Å². The Kier molecular flexibility index (Phi) is 4.58. The number of aromatic nitrogens is 1. The highest BCUT2D eigenvalue weighted by molar-refractivity contribution is 7.15. The third-order valence-corrected chi connectivity index (χ3v) is 5.82. The van der Waals surface area contributed by atoms with Crippen LogP contribution in [0.2, 0.25) is 0 Å². The average molecular weight is 294 g/mol. The lowest BCUT2D eigenvalue weighted by Gasteiger charge is -2.33. The quantitative estimate of drug-likeness (QED) is 0.926.